The number of nitrogens with two attached hydrogens (primary N) is 1. The first-order valence-corrected chi connectivity index (χ1v) is 9.77. The number of nitrogens with zero attached hydrogens (tertiary/aromatic N) is 1. The Hall–Kier alpha value is -3.59. The molecule has 4 rings (SSSR count). The SMILES string of the molecule is CC#CC(=O)N1CCc2c(cccc2-c2c(F)cc(C(N)=O)c3[nH]c(C)c(C)c23)C1. The first-order chi connectivity index (χ1) is 14.3. The number of H-pyrrole nitrogens is 1. The molecule has 2 heterocycles. The molecule has 0 saturated heterocycles. The van der Waals surface area contributed by atoms with Crippen LogP contribution in [0.2, 0.25) is 0 Å². The summed E-state index contributed by atoms with van der Waals surface area (Å²) in [6, 6.07) is 6.94. The number of halogens is 1. The fourth-order valence-corrected chi connectivity index (χ4v) is 4.28. The number of aromatic nitrogens is 1. The van der Waals surface area contributed by atoms with Gasteiger partial charge in [0.25, 0.3) is 11.8 Å². The molecule has 1 aromatic heterocycles. The molecule has 2 aromatic carbocycles. The van der Waals surface area contributed by atoms with Crippen molar-refractivity contribution in [3.05, 3.63) is 58.0 Å². The zero-order chi connectivity index (χ0) is 21.6. The Balaban J connectivity index is 1.93. The van der Waals surface area contributed by atoms with Crippen molar-refractivity contribution in [1.82, 2.24) is 9.88 Å². The molecule has 152 valence electrons. The molecule has 2 amide bonds. The average Bonchev–Trinajstić information content (AvgIpc) is 3.01. The first-order valence-electron chi connectivity index (χ1n) is 9.77. The number of carbonyl (C=O) groups is 2. The Labute approximate surface area is 174 Å². The number of aromatic amines is 1. The fraction of sp³-hybridized carbons (Fsp3) is 0.250. The second kappa shape index (κ2) is 7.34. The number of carbonyl (C=O) groups excluding carboxylic acids is 2. The van der Waals surface area contributed by atoms with Crippen molar-refractivity contribution in [3.8, 4) is 23.0 Å². The normalized spacial score (nSPS) is 13.0. The molecule has 0 radical (unpaired) electrons. The van der Waals surface area contributed by atoms with E-state index < -0.39 is 11.7 Å². The summed E-state index contributed by atoms with van der Waals surface area (Å²) in [5, 5.41) is 0.671. The van der Waals surface area contributed by atoms with Gasteiger partial charge >= 0.3 is 0 Å². The van der Waals surface area contributed by atoms with E-state index in [1.807, 2.05) is 32.0 Å². The Morgan fingerprint density at radius 3 is 2.73 bits per heavy atom. The largest absolute Gasteiger partial charge is 0.366 e. The van der Waals surface area contributed by atoms with Gasteiger partial charge in [-0.05, 0) is 61.4 Å². The summed E-state index contributed by atoms with van der Waals surface area (Å²) in [5.41, 5.74) is 11.2. The van der Waals surface area contributed by atoms with E-state index in [1.165, 1.54) is 6.07 Å². The van der Waals surface area contributed by atoms with E-state index in [0.717, 1.165) is 27.9 Å². The maximum atomic E-state index is 15.4. The molecule has 1 aliphatic heterocycles. The highest BCUT2D eigenvalue weighted by atomic mass is 19.1. The molecule has 0 saturated carbocycles. The summed E-state index contributed by atoms with van der Waals surface area (Å²) >= 11 is 0. The quantitative estimate of drug-likeness (QED) is 0.641. The minimum Gasteiger partial charge on any atom is -0.366 e. The number of hydrogen-bond donors (Lipinski definition) is 2. The molecule has 0 spiro atoms. The third-order valence-electron chi connectivity index (χ3n) is 5.85. The van der Waals surface area contributed by atoms with Crippen LogP contribution in [-0.4, -0.2) is 28.2 Å². The molecule has 30 heavy (non-hydrogen) atoms. The van der Waals surface area contributed by atoms with Crippen LogP contribution in [0.4, 0.5) is 4.39 Å². The Kier molecular flexibility index (Phi) is 4.83. The van der Waals surface area contributed by atoms with Gasteiger partial charge < -0.3 is 15.6 Å². The summed E-state index contributed by atoms with van der Waals surface area (Å²) < 4.78 is 15.4. The molecular formula is C24H22FN3O2. The fourth-order valence-electron chi connectivity index (χ4n) is 4.28. The van der Waals surface area contributed by atoms with Gasteiger partial charge in [0.05, 0.1) is 11.1 Å². The predicted octanol–water partition coefficient (Wildman–Crippen LogP) is 3.60. The van der Waals surface area contributed by atoms with Crippen LogP contribution in [0.15, 0.2) is 24.3 Å². The molecule has 0 aliphatic carbocycles. The van der Waals surface area contributed by atoms with Crippen LogP contribution < -0.4 is 5.73 Å². The van der Waals surface area contributed by atoms with Crippen molar-refractivity contribution in [1.29, 1.82) is 0 Å². The van der Waals surface area contributed by atoms with E-state index in [9.17, 15) is 9.59 Å². The number of fused-ring (bicyclic) bond motifs is 2. The summed E-state index contributed by atoms with van der Waals surface area (Å²) in [6.07, 6.45) is 0.601. The highest BCUT2D eigenvalue weighted by Gasteiger charge is 2.26. The Morgan fingerprint density at radius 1 is 1.27 bits per heavy atom. The standard InChI is InChI=1S/C24H22FN3O2/c1-4-6-20(29)28-10-9-16-15(12-28)7-5-8-17(16)22-19(25)11-18(24(26)30)23-21(22)13(2)14(3)27-23/h5,7-8,11,27H,9-10,12H2,1-3H3,(H2,26,30). The van der Waals surface area contributed by atoms with Crippen LogP contribution in [0.3, 0.4) is 0 Å². The van der Waals surface area contributed by atoms with Gasteiger partial charge in [-0.2, -0.15) is 0 Å². The van der Waals surface area contributed by atoms with Gasteiger partial charge in [0.1, 0.15) is 5.82 Å². The van der Waals surface area contributed by atoms with Gasteiger partial charge in [0.15, 0.2) is 0 Å². The number of hydrogen-bond acceptors (Lipinski definition) is 2. The van der Waals surface area contributed by atoms with Crippen LogP contribution in [0.25, 0.3) is 22.0 Å². The molecule has 3 aromatic rings. The summed E-state index contributed by atoms with van der Waals surface area (Å²) in [4.78, 5) is 29.0. The highest BCUT2D eigenvalue weighted by molar-refractivity contribution is 6.11. The second-order valence-corrected chi connectivity index (χ2v) is 7.57. The molecule has 0 fully saturated rings. The first kappa shape index (κ1) is 19.7. The lowest BCUT2D eigenvalue weighted by molar-refractivity contribution is -0.125. The van der Waals surface area contributed by atoms with Gasteiger partial charge in [-0.1, -0.05) is 24.1 Å². The zero-order valence-corrected chi connectivity index (χ0v) is 17.1. The van der Waals surface area contributed by atoms with E-state index >= 15 is 4.39 Å². The molecule has 0 bridgehead atoms. The van der Waals surface area contributed by atoms with Gasteiger partial charge in [0, 0.05) is 29.7 Å². The van der Waals surface area contributed by atoms with Crippen LogP contribution in [-0.2, 0) is 17.8 Å². The lowest BCUT2D eigenvalue weighted by Gasteiger charge is -2.29. The van der Waals surface area contributed by atoms with Crippen molar-refractivity contribution >= 4 is 22.7 Å². The van der Waals surface area contributed by atoms with Crippen LogP contribution in [0, 0.1) is 31.5 Å². The Morgan fingerprint density at radius 2 is 2.03 bits per heavy atom. The van der Waals surface area contributed by atoms with Crippen LogP contribution in [0.1, 0.15) is 39.7 Å². The average molecular weight is 403 g/mol. The Bertz CT molecular complexity index is 1280. The van der Waals surface area contributed by atoms with Crippen molar-refractivity contribution in [2.75, 3.05) is 6.54 Å². The summed E-state index contributed by atoms with van der Waals surface area (Å²) in [5.74, 6) is 3.87. The van der Waals surface area contributed by atoms with Crippen molar-refractivity contribution in [2.45, 2.75) is 33.7 Å². The van der Waals surface area contributed by atoms with E-state index in [4.69, 9.17) is 5.73 Å². The molecular weight excluding hydrogens is 381 g/mol. The predicted molar refractivity (Wildman–Crippen MR) is 114 cm³/mol. The van der Waals surface area contributed by atoms with E-state index in [-0.39, 0.29) is 11.5 Å². The van der Waals surface area contributed by atoms with Crippen molar-refractivity contribution < 1.29 is 14.0 Å². The molecule has 5 nitrogen and oxygen atoms in total. The van der Waals surface area contributed by atoms with Gasteiger partial charge in [-0.15, -0.1) is 0 Å². The topological polar surface area (TPSA) is 79.2 Å². The lowest BCUT2D eigenvalue weighted by atomic mass is 9.87. The number of amides is 2. The van der Waals surface area contributed by atoms with Crippen molar-refractivity contribution in [3.63, 3.8) is 0 Å². The molecule has 0 unspecified atom stereocenters. The van der Waals surface area contributed by atoms with E-state index in [2.05, 4.69) is 16.8 Å². The monoisotopic (exact) mass is 403 g/mol. The molecule has 1 aliphatic rings. The zero-order valence-electron chi connectivity index (χ0n) is 17.1. The van der Waals surface area contributed by atoms with Gasteiger partial charge in [-0.3, -0.25) is 9.59 Å². The molecule has 0 atom stereocenters. The van der Waals surface area contributed by atoms with Crippen LogP contribution >= 0.6 is 0 Å². The van der Waals surface area contributed by atoms with E-state index in [0.29, 0.717) is 36.0 Å². The number of aryl methyl sites for hydroxylation is 2. The van der Waals surface area contributed by atoms with Gasteiger partial charge in [-0.25, -0.2) is 4.39 Å². The van der Waals surface area contributed by atoms with E-state index in [1.54, 1.807) is 11.8 Å². The van der Waals surface area contributed by atoms with Gasteiger partial charge in [0.2, 0.25) is 0 Å². The number of primary amides is 1. The maximum absolute atomic E-state index is 15.4. The number of rotatable bonds is 2. The number of benzene rings is 2. The second-order valence-electron chi connectivity index (χ2n) is 7.57. The molecule has 6 heteroatoms. The molecule has 3 N–H and O–H groups in total. The van der Waals surface area contributed by atoms with Crippen molar-refractivity contribution in [2.24, 2.45) is 5.73 Å². The number of nitrogens with one attached hydrogen (secondary N) is 1. The van der Waals surface area contributed by atoms with Crippen LogP contribution in [0.5, 0.6) is 0 Å². The minimum atomic E-state index is -0.673. The third-order valence-corrected chi connectivity index (χ3v) is 5.85. The third kappa shape index (κ3) is 3.03. The summed E-state index contributed by atoms with van der Waals surface area (Å²) in [6.45, 7) is 6.39. The lowest BCUT2D eigenvalue weighted by Crippen LogP contribution is -2.35. The maximum Gasteiger partial charge on any atom is 0.298 e. The smallest absolute Gasteiger partial charge is 0.298 e. The summed E-state index contributed by atoms with van der Waals surface area (Å²) in [7, 11) is 0. The highest BCUT2D eigenvalue weighted by Crippen LogP contribution is 2.40. The minimum absolute atomic E-state index is 0.141.